The molecule has 172 valence electrons. The van der Waals surface area contributed by atoms with E-state index in [2.05, 4.69) is 20.3 Å². The second-order valence-corrected chi connectivity index (χ2v) is 10.2. The fourth-order valence-corrected chi connectivity index (χ4v) is 3.73. The summed E-state index contributed by atoms with van der Waals surface area (Å²) in [5.74, 6) is -2.29. The standard InChI is InChI=1S/C21H32N4O5S/c1-12(2)16(24-20(29)30-11-21(3,4)5)18(27)23-15-10-13-9-14(31-25-13)7-6-8-22-19(28)17(15)26/h9,12,15-16H,6-8,10-11H2,1-5H3,(H,22,28)(H,23,27)(H,24,29). The lowest BCUT2D eigenvalue weighted by atomic mass is 9.99. The van der Waals surface area contributed by atoms with Crippen molar-refractivity contribution >= 4 is 35.2 Å². The number of rotatable bonds is 5. The van der Waals surface area contributed by atoms with Crippen LogP contribution in [-0.2, 0) is 32.0 Å². The summed E-state index contributed by atoms with van der Waals surface area (Å²) in [6.45, 7) is 9.88. The number of ether oxygens (including phenoxy) is 1. The molecule has 1 aromatic rings. The van der Waals surface area contributed by atoms with Crippen molar-refractivity contribution in [2.75, 3.05) is 13.2 Å². The summed E-state index contributed by atoms with van der Waals surface area (Å²) in [6.07, 6.45) is 0.861. The first-order valence-electron chi connectivity index (χ1n) is 10.5. The second kappa shape index (κ2) is 10.7. The molecule has 2 rings (SSSR count). The molecule has 0 radical (unpaired) electrons. The molecule has 3 N–H and O–H groups in total. The van der Waals surface area contributed by atoms with Gasteiger partial charge in [0.1, 0.15) is 12.1 Å². The molecule has 1 aliphatic rings. The largest absolute Gasteiger partial charge is 0.449 e. The number of amides is 3. The topological polar surface area (TPSA) is 126 Å². The van der Waals surface area contributed by atoms with Crippen LogP contribution in [0.4, 0.5) is 4.79 Å². The third-order valence-electron chi connectivity index (χ3n) is 4.62. The highest BCUT2D eigenvalue weighted by Crippen LogP contribution is 2.16. The monoisotopic (exact) mass is 452 g/mol. The molecule has 10 heteroatoms. The minimum Gasteiger partial charge on any atom is -0.449 e. The van der Waals surface area contributed by atoms with E-state index in [4.69, 9.17) is 4.74 Å². The Labute approximate surface area is 186 Å². The lowest BCUT2D eigenvalue weighted by molar-refractivity contribution is -0.140. The zero-order valence-electron chi connectivity index (χ0n) is 18.7. The van der Waals surface area contributed by atoms with Gasteiger partial charge >= 0.3 is 6.09 Å². The van der Waals surface area contributed by atoms with Gasteiger partial charge in [0.25, 0.3) is 5.91 Å². The van der Waals surface area contributed by atoms with Gasteiger partial charge in [-0.1, -0.05) is 34.6 Å². The predicted molar refractivity (Wildman–Crippen MR) is 117 cm³/mol. The maximum Gasteiger partial charge on any atom is 0.407 e. The summed E-state index contributed by atoms with van der Waals surface area (Å²) in [6, 6.07) is -0.101. The number of alkyl carbamates (subject to hydrolysis) is 1. The van der Waals surface area contributed by atoms with Gasteiger partial charge in [-0.2, -0.15) is 4.37 Å². The Morgan fingerprint density at radius 2 is 2.03 bits per heavy atom. The van der Waals surface area contributed by atoms with Gasteiger partial charge in [0.05, 0.1) is 12.3 Å². The minimum atomic E-state index is -1.07. The van der Waals surface area contributed by atoms with Crippen molar-refractivity contribution in [2.24, 2.45) is 11.3 Å². The molecule has 3 amide bonds. The highest BCUT2D eigenvalue weighted by Gasteiger charge is 2.32. The van der Waals surface area contributed by atoms with E-state index in [-0.39, 0.29) is 24.4 Å². The van der Waals surface area contributed by atoms with E-state index >= 15 is 0 Å². The highest BCUT2D eigenvalue weighted by atomic mass is 32.1. The SMILES string of the molecule is CC(C)C(NC(=O)OCC(C)(C)C)C(=O)NC1Cc2cc(sn2)CCCNC(=O)C1=O. The van der Waals surface area contributed by atoms with E-state index in [9.17, 15) is 19.2 Å². The smallest absolute Gasteiger partial charge is 0.407 e. The highest BCUT2D eigenvalue weighted by molar-refractivity contribution is 7.05. The maximum atomic E-state index is 12.9. The molecule has 2 bridgehead atoms. The summed E-state index contributed by atoms with van der Waals surface area (Å²) in [5, 5.41) is 7.81. The number of aromatic nitrogens is 1. The van der Waals surface area contributed by atoms with Gasteiger partial charge in [0.15, 0.2) is 0 Å². The van der Waals surface area contributed by atoms with Gasteiger partial charge in [-0.3, -0.25) is 14.4 Å². The molecular formula is C21H32N4O5S. The van der Waals surface area contributed by atoms with E-state index in [1.807, 2.05) is 26.8 Å². The summed E-state index contributed by atoms with van der Waals surface area (Å²) >= 11 is 1.35. The molecular weight excluding hydrogens is 420 g/mol. The Hall–Kier alpha value is -2.49. The number of hydrogen-bond donors (Lipinski definition) is 3. The normalized spacial score (nSPS) is 18.6. The number of carbonyl (C=O) groups is 4. The van der Waals surface area contributed by atoms with Crippen LogP contribution in [0.1, 0.15) is 51.6 Å². The average molecular weight is 453 g/mol. The molecule has 0 fully saturated rings. The number of nitrogens with one attached hydrogen (secondary N) is 3. The van der Waals surface area contributed by atoms with Gasteiger partial charge in [-0.25, -0.2) is 4.79 Å². The summed E-state index contributed by atoms with van der Waals surface area (Å²) in [5.41, 5.74) is 0.431. The van der Waals surface area contributed by atoms with E-state index in [0.29, 0.717) is 18.7 Å². The Kier molecular flexibility index (Phi) is 8.55. The van der Waals surface area contributed by atoms with Crippen molar-refractivity contribution in [3.8, 4) is 0 Å². The summed E-state index contributed by atoms with van der Waals surface area (Å²) in [7, 11) is 0. The molecule has 31 heavy (non-hydrogen) atoms. The number of ketones is 1. The van der Waals surface area contributed by atoms with Crippen LogP contribution < -0.4 is 16.0 Å². The molecule has 0 aliphatic carbocycles. The van der Waals surface area contributed by atoms with E-state index < -0.39 is 35.8 Å². The van der Waals surface area contributed by atoms with Crippen LogP contribution in [0, 0.1) is 11.3 Å². The van der Waals surface area contributed by atoms with Crippen molar-refractivity contribution in [2.45, 2.75) is 66.0 Å². The number of Topliss-reactive ketones (excluding diaryl/α,β-unsaturated/α-hetero) is 1. The number of hydrogen-bond acceptors (Lipinski definition) is 7. The van der Waals surface area contributed by atoms with Crippen LogP contribution in [0.3, 0.4) is 0 Å². The maximum absolute atomic E-state index is 12.9. The zero-order chi connectivity index (χ0) is 23.2. The van der Waals surface area contributed by atoms with Crippen LogP contribution in [0.25, 0.3) is 0 Å². The lowest BCUT2D eigenvalue weighted by Gasteiger charge is -2.25. The lowest BCUT2D eigenvalue weighted by Crippen LogP contribution is -2.56. The fourth-order valence-electron chi connectivity index (χ4n) is 2.95. The van der Waals surface area contributed by atoms with Crippen LogP contribution >= 0.6 is 11.5 Å². The van der Waals surface area contributed by atoms with Gasteiger partial charge in [-0.15, -0.1) is 0 Å². The second-order valence-electron chi connectivity index (χ2n) is 9.28. The summed E-state index contributed by atoms with van der Waals surface area (Å²) < 4.78 is 9.54. The van der Waals surface area contributed by atoms with Gasteiger partial charge in [0, 0.05) is 17.8 Å². The Balaban J connectivity index is 2.12. The molecule has 0 saturated heterocycles. The molecule has 1 aliphatic heterocycles. The number of fused-ring (bicyclic) bond motifs is 2. The first kappa shape index (κ1) is 24.8. The number of aryl methyl sites for hydroxylation is 1. The molecule has 9 nitrogen and oxygen atoms in total. The number of nitrogens with zero attached hydrogens (tertiary/aromatic N) is 1. The van der Waals surface area contributed by atoms with Crippen LogP contribution in [0.15, 0.2) is 6.07 Å². The Morgan fingerprint density at radius 3 is 2.68 bits per heavy atom. The van der Waals surface area contributed by atoms with Crippen LogP contribution in [0.2, 0.25) is 0 Å². The van der Waals surface area contributed by atoms with Gasteiger partial charge < -0.3 is 20.7 Å². The quantitative estimate of drug-likeness (QED) is 0.583. The van der Waals surface area contributed by atoms with Crippen molar-refractivity contribution in [1.29, 1.82) is 0 Å². The molecule has 1 aromatic heterocycles. The van der Waals surface area contributed by atoms with Gasteiger partial charge in [-0.05, 0) is 41.8 Å². The molecule has 0 spiro atoms. The fraction of sp³-hybridized carbons (Fsp3) is 0.667. The van der Waals surface area contributed by atoms with E-state index in [1.165, 1.54) is 11.5 Å². The third kappa shape index (κ3) is 7.93. The first-order valence-corrected chi connectivity index (χ1v) is 11.2. The first-order chi connectivity index (χ1) is 14.5. The molecule has 2 unspecified atom stereocenters. The molecule has 0 saturated carbocycles. The Morgan fingerprint density at radius 1 is 1.32 bits per heavy atom. The molecule has 2 atom stereocenters. The average Bonchev–Trinajstić information content (AvgIpc) is 3.11. The van der Waals surface area contributed by atoms with E-state index in [0.717, 1.165) is 11.3 Å². The molecule has 0 aromatic carbocycles. The van der Waals surface area contributed by atoms with Crippen LogP contribution in [0.5, 0.6) is 0 Å². The summed E-state index contributed by atoms with van der Waals surface area (Å²) in [4.78, 5) is 51.1. The number of carbonyl (C=O) groups excluding carboxylic acids is 4. The van der Waals surface area contributed by atoms with Gasteiger partial charge in [0.2, 0.25) is 11.7 Å². The zero-order valence-corrected chi connectivity index (χ0v) is 19.6. The predicted octanol–water partition coefficient (Wildman–Crippen LogP) is 1.60. The Bertz CT molecular complexity index is 815. The van der Waals surface area contributed by atoms with Crippen LogP contribution in [-0.4, -0.2) is 53.3 Å². The van der Waals surface area contributed by atoms with Crippen molar-refractivity contribution in [3.05, 3.63) is 16.6 Å². The third-order valence-corrected chi connectivity index (χ3v) is 5.50. The van der Waals surface area contributed by atoms with Crippen molar-refractivity contribution in [1.82, 2.24) is 20.3 Å². The van der Waals surface area contributed by atoms with Crippen molar-refractivity contribution in [3.63, 3.8) is 0 Å². The minimum absolute atomic E-state index is 0.105. The van der Waals surface area contributed by atoms with Crippen molar-refractivity contribution < 1.29 is 23.9 Å². The van der Waals surface area contributed by atoms with E-state index in [1.54, 1.807) is 13.8 Å². The molecule has 2 heterocycles.